The van der Waals surface area contributed by atoms with Crippen molar-refractivity contribution in [2.75, 3.05) is 6.54 Å². The van der Waals surface area contributed by atoms with Gasteiger partial charge in [0.1, 0.15) is 6.23 Å². The summed E-state index contributed by atoms with van der Waals surface area (Å²) in [7, 11) is 0. The van der Waals surface area contributed by atoms with E-state index >= 15 is 0 Å². The SMILES string of the molecule is [N-]=[N+]=NC[C@H]1O[C@@H](n2c(=O)[nH]c(=O)c3ccccc32)C[C@@H]1O. The van der Waals surface area contributed by atoms with Crippen molar-refractivity contribution in [2.24, 2.45) is 5.11 Å². The van der Waals surface area contributed by atoms with Gasteiger partial charge in [-0.3, -0.25) is 14.3 Å². The first kappa shape index (κ1) is 14.3. The Morgan fingerprint density at radius 2 is 2.23 bits per heavy atom. The minimum Gasteiger partial charge on any atom is -0.390 e. The normalized spacial score (nSPS) is 24.3. The highest BCUT2D eigenvalue weighted by molar-refractivity contribution is 5.77. The summed E-state index contributed by atoms with van der Waals surface area (Å²) in [5, 5.41) is 13.7. The summed E-state index contributed by atoms with van der Waals surface area (Å²) < 4.78 is 6.92. The zero-order chi connectivity index (χ0) is 15.7. The summed E-state index contributed by atoms with van der Waals surface area (Å²) in [5.74, 6) is 0. The van der Waals surface area contributed by atoms with E-state index < -0.39 is 29.7 Å². The standard InChI is InChI=1S/C13H13N5O4/c14-17-15-6-10-9(19)5-11(22-10)18-8-4-2-1-3-7(8)12(20)16-13(18)21/h1-4,9-11,19H,5-6H2,(H,16,20,21)/t9-,10+,11+/m0/s1. The fourth-order valence-corrected chi connectivity index (χ4v) is 2.65. The number of nitrogens with zero attached hydrogens (tertiary/aromatic N) is 4. The average Bonchev–Trinajstić information content (AvgIpc) is 2.86. The second kappa shape index (κ2) is 5.64. The van der Waals surface area contributed by atoms with Crippen LogP contribution < -0.4 is 11.2 Å². The topological polar surface area (TPSA) is 133 Å². The lowest BCUT2D eigenvalue weighted by molar-refractivity contribution is -0.0130. The van der Waals surface area contributed by atoms with Gasteiger partial charge < -0.3 is 9.84 Å². The van der Waals surface area contributed by atoms with Crippen LogP contribution in [0, 0.1) is 0 Å². The molecule has 2 heterocycles. The van der Waals surface area contributed by atoms with E-state index in [9.17, 15) is 14.7 Å². The minimum absolute atomic E-state index is 0.0236. The maximum absolute atomic E-state index is 12.1. The third-order valence-electron chi connectivity index (χ3n) is 3.66. The molecule has 3 rings (SSSR count). The third kappa shape index (κ3) is 2.37. The van der Waals surface area contributed by atoms with Gasteiger partial charge >= 0.3 is 5.69 Å². The quantitative estimate of drug-likeness (QED) is 0.489. The van der Waals surface area contributed by atoms with Gasteiger partial charge in [-0.05, 0) is 17.7 Å². The first-order chi connectivity index (χ1) is 10.6. The molecule has 1 aromatic heterocycles. The lowest BCUT2D eigenvalue weighted by Crippen LogP contribution is -2.33. The van der Waals surface area contributed by atoms with Crippen molar-refractivity contribution in [1.29, 1.82) is 0 Å². The second-order valence-corrected chi connectivity index (χ2v) is 4.99. The highest BCUT2D eigenvalue weighted by Crippen LogP contribution is 2.29. The van der Waals surface area contributed by atoms with E-state index in [1.165, 1.54) is 4.57 Å². The molecule has 0 radical (unpaired) electrons. The van der Waals surface area contributed by atoms with E-state index in [2.05, 4.69) is 15.0 Å². The van der Waals surface area contributed by atoms with E-state index in [1.54, 1.807) is 24.3 Å². The summed E-state index contributed by atoms with van der Waals surface area (Å²) in [4.78, 5) is 28.8. The number of fused-ring (bicyclic) bond motifs is 1. The van der Waals surface area contributed by atoms with Gasteiger partial charge in [-0.15, -0.1) is 0 Å². The molecule has 1 aliphatic rings. The van der Waals surface area contributed by atoms with E-state index in [-0.39, 0.29) is 13.0 Å². The molecule has 114 valence electrons. The molecule has 0 unspecified atom stereocenters. The molecule has 0 bridgehead atoms. The summed E-state index contributed by atoms with van der Waals surface area (Å²) in [5.41, 5.74) is 7.69. The van der Waals surface area contributed by atoms with Gasteiger partial charge in [0.25, 0.3) is 5.56 Å². The number of para-hydroxylation sites is 1. The summed E-state index contributed by atoms with van der Waals surface area (Å²) in [6.45, 7) is -0.0236. The summed E-state index contributed by atoms with van der Waals surface area (Å²) in [6.07, 6.45) is -2.10. The number of aliphatic hydroxyl groups is 1. The Kier molecular flexibility index (Phi) is 3.68. The van der Waals surface area contributed by atoms with Crippen molar-refractivity contribution >= 4 is 10.9 Å². The van der Waals surface area contributed by atoms with Crippen molar-refractivity contribution < 1.29 is 9.84 Å². The fourth-order valence-electron chi connectivity index (χ4n) is 2.65. The maximum Gasteiger partial charge on any atom is 0.330 e. The molecule has 2 N–H and O–H groups in total. The van der Waals surface area contributed by atoms with Gasteiger partial charge in [0.15, 0.2) is 0 Å². The second-order valence-electron chi connectivity index (χ2n) is 4.99. The number of ether oxygens (including phenoxy) is 1. The number of rotatable bonds is 3. The molecule has 9 nitrogen and oxygen atoms in total. The van der Waals surface area contributed by atoms with Gasteiger partial charge in [-0.1, -0.05) is 17.2 Å². The van der Waals surface area contributed by atoms with Crippen LogP contribution in [0.25, 0.3) is 21.3 Å². The summed E-state index contributed by atoms with van der Waals surface area (Å²) in [6, 6.07) is 6.65. The molecule has 1 saturated heterocycles. The summed E-state index contributed by atoms with van der Waals surface area (Å²) >= 11 is 0. The molecule has 9 heteroatoms. The number of aromatic amines is 1. The molecule has 22 heavy (non-hydrogen) atoms. The highest BCUT2D eigenvalue weighted by atomic mass is 16.5. The van der Waals surface area contributed by atoms with Crippen molar-refractivity contribution in [3.63, 3.8) is 0 Å². The van der Waals surface area contributed by atoms with Crippen LogP contribution in [0.5, 0.6) is 0 Å². The van der Waals surface area contributed by atoms with Gasteiger partial charge in [0, 0.05) is 11.3 Å². The van der Waals surface area contributed by atoms with Crippen LogP contribution in [0.1, 0.15) is 12.6 Å². The predicted octanol–water partition coefficient (Wildman–Crippen LogP) is 0.648. The first-order valence-electron chi connectivity index (χ1n) is 6.69. The Hall–Kier alpha value is -2.61. The maximum atomic E-state index is 12.1. The van der Waals surface area contributed by atoms with E-state index in [0.717, 1.165) is 0 Å². The number of benzene rings is 1. The van der Waals surface area contributed by atoms with Crippen LogP contribution in [0.2, 0.25) is 0 Å². The fraction of sp³-hybridized carbons (Fsp3) is 0.385. The Labute approximate surface area is 123 Å². The van der Waals surface area contributed by atoms with Crippen LogP contribution in [0.3, 0.4) is 0 Å². The molecular formula is C13H13N5O4. The lowest BCUT2D eigenvalue weighted by Gasteiger charge is -2.16. The molecule has 2 aromatic rings. The number of hydrogen-bond acceptors (Lipinski definition) is 5. The Morgan fingerprint density at radius 3 is 3.00 bits per heavy atom. The monoisotopic (exact) mass is 303 g/mol. The minimum atomic E-state index is -0.854. The van der Waals surface area contributed by atoms with Gasteiger partial charge in [0.05, 0.1) is 29.7 Å². The van der Waals surface area contributed by atoms with E-state index in [4.69, 9.17) is 10.3 Å². The lowest BCUT2D eigenvalue weighted by atomic mass is 10.1. The Morgan fingerprint density at radius 1 is 1.45 bits per heavy atom. The molecule has 1 aromatic carbocycles. The largest absolute Gasteiger partial charge is 0.390 e. The zero-order valence-electron chi connectivity index (χ0n) is 11.4. The van der Waals surface area contributed by atoms with Crippen molar-refractivity contribution in [3.05, 3.63) is 55.5 Å². The number of nitrogens with one attached hydrogen (secondary N) is 1. The Balaban J connectivity index is 2.06. The van der Waals surface area contributed by atoms with E-state index in [0.29, 0.717) is 10.9 Å². The first-order valence-corrected chi connectivity index (χ1v) is 6.69. The molecular weight excluding hydrogens is 290 g/mol. The molecule has 1 aliphatic heterocycles. The van der Waals surface area contributed by atoms with Gasteiger partial charge in [-0.25, -0.2) is 4.79 Å². The van der Waals surface area contributed by atoms with Gasteiger partial charge in [-0.2, -0.15) is 0 Å². The van der Waals surface area contributed by atoms with Crippen molar-refractivity contribution in [3.8, 4) is 0 Å². The number of azide groups is 1. The molecule has 1 fully saturated rings. The zero-order valence-corrected chi connectivity index (χ0v) is 11.4. The average molecular weight is 303 g/mol. The molecule has 3 atom stereocenters. The molecule has 0 spiro atoms. The molecule has 0 aliphatic carbocycles. The van der Waals surface area contributed by atoms with Crippen LogP contribution in [-0.2, 0) is 4.74 Å². The number of hydrogen-bond donors (Lipinski definition) is 2. The third-order valence-corrected chi connectivity index (χ3v) is 3.66. The van der Waals surface area contributed by atoms with Crippen molar-refractivity contribution in [1.82, 2.24) is 9.55 Å². The molecule has 0 amide bonds. The predicted molar refractivity (Wildman–Crippen MR) is 77.4 cm³/mol. The van der Waals surface area contributed by atoms with Gasteiger partial charge in [0.2, 0.25) is 0 Å². The Bertz CT molecular complexity index is 867. The number of aromatic nitrogens is 2. The van der Waals surface area contributed by atoms with E-state index in [1.807, 2.05) is 0 Å². The van der Waals surface area contributed by atoms with Crippen LogP contribution in [-0.4, -0.2) is 33.4 Å². The van der Waals surface area contributed by atoms with Crippen LogP contribution >= 0.6 is 0 Å². The van der Waals surface area contributed by atoms with Crippen LogP contribution in [0.4, 0.5) is 0 Å². The van der Waals surface area contributed by atoms with Crippen molar-refractivity contribution in [2.45, 2.75) is 24.9 Å². The smallest absolute Gasteiger partial charge is 0.330 e. The number of aliphatic hydroxyl groups excluding tert-OH is 1. The highest BCUT2D eigenvalue weighted by Gasteiger charge is 2.35. The number of H-pyrrole nitrogens is 1. The van der Waals surface area contributed by atoms with Crippen LogP contribution in [0.15, 0.2) is 39.0 Å². The molecule has 0 saturated carbocycles.